The van der Waals surface area contributed by atoms with E-state index in [0.29, 0.717) is 5.82 Å². The zero-order valence-corrected chi connectivity index (χ0v) is 10.4. The van der Waals surface area contributed by atoms with Crippen LogP contribution in [0.4, 0.5) is 5.82 Å². The maximum absolute atomic E-state index is 12.5. The van der Waals surface area contributed by atoms with Crippen LogP contribution in [0.1, 0.15) is 38.5 Å². The molecule has 0 saturated heterocycles. The van der Waals surface area contributed by atoms with Crippen LogP contribution in [0, 0.1) is 5.41 Å². The number of anilines is 1. The summed E-state index contributed by atoms with van der Waals surface area (Å²) in [4.78, 5) is 20.5. The molecule has 3 N–H and O–H groups in total. The van der Waals surface area contributed by atoms with Gasteiger partial charge in [0.25, 0.3) is 0 Å². The molecule has 18 heavy (non-hydrogen) atoms. The molecule has 2 bridgehead atoms. The van der Waals surface area contributed by atoms with Crippen LogP contribution >= 0.6 is 0 Å². The first-order chi connectivity index (χ1) is 8.62. The Labute approximate surface area is 106 Å². The molecular weight excluding hydrogens is 228 g/mol. The smallest absolute Gasteiger partial charge is 0.231 e. The van der Waals surface area contributed by atoms with Crippen molar-refractivity contribution in [2.75, 3.05) is 5.32 Å². The van der Waals surface area contributed by atoms with Gasteiger partial charge < -0.3 is 11.1 Å². The molecule has 1 amide bonds. The Bertz CT molecular complexity index is 463. The fourth-order valence-corrected chi connectivity index (χ4v) is 3.46. The Morgan fingerprint density at radius 3 is 2.94 bits per heavy atom. The summed E-state index contributed by atoms with van der Waals surface area (Å²) in [5, 5.41) is 2.88. The zero-order valence-electron chi connectivity index (χ0n) is 10.4. The standard InChI is InChI=1S/C13H18N4O/c14-13-3-1-2-12(9-13,4-5-13)11(18)17-10-8-15-6-7-16-10/h6-8H,1-5,9,14H2,(H,16,17,18)/t12-,13+/m1/s1. The molecular formula is C13H18N4O. The number of amides is 1. The van der Waals surface area contributed by atoms with Crippen molar-refractivity contribution in [2.24, 2.45) is 11.1 Å². The molecule has 2 aliphatic rings. The first kappa shape index (κ1) is 11.6. The number of aromatic nitrogens is 2. The number of rotatable bonds is 2. The highest BCUT2D eigenvalue weighted by molar-refractivity contribution is 5.95. The van der Waals surface area contributed by atoms with Crippen LogP contribution in [-0.4, -0.2) is 21.4 Å². The number of nitrogens with zero attached hydrogens (tertiary/aromatic N) is 2. The minimum Gasteiger partial charge on any atom is -0.325 e. The number of nitrogens with one attached hydrogen (secondary N) is 1. The van der Waals surface area contributed by atoms with Crippen LogP contribution in [0.3, 0.4) is 0 Å². The van der Waals surface area contributed by atoms with Crippen molar-refractivity contribution < 1.29 is 4.79 Å². The number of nitrogens with two attached hydrogens (primary N) is 1. The van der Waals surface area contributed by atoms with Crippen molar-refractivity contribution in [1.29, 1.82) is 0 Å². The fourth-order valence-electron chi connectivity index (χ4n) is 3.46. The van der Waals surface area contributed by atoms with Crippen LogP contribution in [0.5, 0.6) is 0 Å². The second kappa shape index (κ2) is 4.02. The van der Waals surface area contributed by atoms with E-state index >= 15 is 0 Å². The molecule has 1 aromatic heterocycles. The van der Waals surface area contributed by atoms with Gasteiger partial charge in [-0.05, 0) is 32.1 Å². The molecule has 3 rings (SSSR count). The fraction of sp³-hybridized carbons (Fsp3) is 0.615. The summed E-state index contributed by atoms with van der Waals surface area (Å²) in [5.41, 5.74) is 5.92. The lowest BCUT2D eigenvalue weighted by atomic mass is 9.72. The van der Waals surface area contributed by atoms with Crippen LogP contribution in [0.25, 0.3) is 0 Å². The third kappa shape index (κ3) is 1.88. The maximum atomic E-state index is 12.5. The van der Waals surface area contributed by atoms with Crippen molar-refractivity contribution in [2.45, 2.75) is 44.1 Å². The number of hydrogen-bond acceptors (Lipinski definition) is 4. The van der Waals surface area contributed by atoms with Gasteiger partial charge >= 0.3 is 0 Å². The van der Waals surface area contributed by atoms with Crippen molar-refractivity contribution in [3.63, 3.8) is 0 Å². The summed E-state index contributed by atoms with van der Waals surface area (Å²) in [6.07, 6.45) is 10.4. The zero-order chi connectivity index (χ0) is 12.6. The third-order valence-corrected chi connectivity index (χ3v) is 4.41. The van der Waals surface area contributed by atoms with E-state index in [1.807, 2.05) is 0 Å². The highest BCUT2D eigenvalue weighted by Gasteiger charge is 2.53. The van der Waals surface area contributed by atoms with E-state index in [1.54, 1.807) is 18.6 Å². The first-order valence-electron chi connectivity index (χ1n) is 6.48. The second-order valence-corrected chi connectivity index (χ2v) is 5.72. The molecule has 5 nitrogen and oxygen atoms in total. The Kier molecular flexibility index (Phi) is 2.59. The Hall–Kier alpha value is -1.49. The van der Waals surface area contributed by atoms with Crippen LogP contribution in [-0.2, 0) is 4.79 Å². The minimum absolute atomic E-state index is 0.0648. The highest BCUT2D eigenvalue weighted by atomic mass is 16.2. The summed E-state index contributed by atoms with van der Waals surface area (Å²) >= 11 is 0. The Morgan fingerprint density at radius 2 is 2.17 bits per heavy atom. The minimum atomic E-state index is -0.273. The van der Waals surface area contributed by atoms with E-state index in [1.165, 1.54) is 0 Å². The lowest BCUT2D eigenvalue weighted by Crippen LogP contribution is -2.45. The normalized spacial score (nSPS) is 34.3. The average Bonchev–Trinajstić information content (AvgIpc) is 2.62. The summed E-state index contributed by atoms with van der Waals surface area (Å²) in [6, 6.07) is 0. The van der Waals surface area contributed by atoms with E-state index in [0.717, 1.165) is 38.5 Å². The second-order valence-electron chi connectivity index (χ2n) is 5.72. The summed E-state index contributed by atoms with van der Waals surface area (Å²) in [5.74, 6) is 0.590. The van der Waals surface area contributed by atoms with E-state index in [9.17, 15) is 4.79 Å². The quantitative estimate of drug-likeness (QED) is 0.828. The van der Waals surface area contributed by atoms with Gasteiger partial charge in [-0.25, -0.2) is 4.98 Å². The average molecular weight is 246 g/mol. The summed E-state index contributed by atoms with van der Waals surface area (Å²) in [7, 11) is 0. The van der Waals surface area contributed by atoms with Gasteiger partial charge in [0.1, 0.15) is 0 Å². The molecule has 2 aliphatic carbocycles. The number of hydrogen-bond donors (Lipinski definition) is 2. The first-order valence-corrected chi connectivity index (χ1v) is 6.48. The van der Waals surface area contributed by atoms with Crippen molar-refractivity contribution in [3.8, 4) is 0 Å². The maximum Gasteiger partial charge on any atom is 0.231 e. The SMILES string of the molecule is N[C@@]12CCC[C@@](C(=O)Nc3cnccn3)(CC1)C2. The topological polar surface area (TPSA) is 80.9 Å². The molecule has 0 radical (unpaired) electrons. The van der Waals surface area contributed by atoms with Gasteiger partial charge in [-0.2, -0.15) is 0 Å². The predicted octanol–water partition coefficient (Wildman–Crippen LogP) is 1.47. The molecule has 2 saturated carbocycles. The lowest BCUT2D eigenvalue weighted by Gasteiger charge is -2.36. The molecule has 0 unspecified atom stereocenters. The Balaban J connectivity index is 1.77. The van der Waals surface area contributed by atoms with Gasteiger partial charge in [0.15, 0.2) is 5.82 Å². The lowest BCUT2D eigenvalue weighted by molar-refractivity contribution is -0.126. The number of fused-ring (bicyclic) bond motifs is 2. The van der Waals surface area contributed by atoms with Gasteiger partial charge in [0, 0.05) is 17.9 Å². The number of carbonyl (C=O) groups is 1. The van der Waals surface area contributed by atoms with Crippen LogP contribution in [0.15, 0.2) is 18.6 Å². The predicted molar refractivity (Wildman–Crippen MR) is 67.7 cm³/mol. The molecule has 2 fully saturated rings. The van der Waals surface area contributed by atoms with E-state index < -0.39 is 0 Å². The number of carbonyl (C=O) groups excluding carboxylic acids is 1. The van der Waals surface area contributed by atoms with Crippen molar-refractivity contribution in [1.82, 2.24) is 9.97 Å². The van der Waals surface area contributed by atoms with E-state index in [-0.39, 0.29) is 16.9 Å². The molecule has 5 heteroatoms. The van der Waals surface area contributed by atoms with E-state index in [2.05, 4.69) is 15.3 Å². The molecule has 2 atom stereocenters. The van der Waals surface area contributed by atoms with Gasteiger partial charge in [-0.1, -0.05) is 6.42 Å². The summed E-state index contributed by atoms with van der Waals surface area (Å²) in [6.45, 7) is 0. The largest absolute Gasteiger partial charge is 0.325 e. The van der Waals surface area contributed by atoms with Crippen LogP contribution in [0.2, 0.25) is 0 Å². The molecule has 1 heterocycles. The van der Waals surface area contributed by atoms with Crippen molar-refractivity contribution >= 4 is 11.7 Å². The van der Waals surface area contributed by atoms with Gasteiger partial charge in [-0.15, -0.1) is 0 Å². The molecule has 0 spiro atoms. The third-order valence-electron chi connectivity index (χ3n) is 4.41. The summed E-state index contributed by atoms with van der Waals surface area (Å²) < 4.78 is 0. The monoisotopic (exact) mass is 246 g/mol. The van der Waals surface area contributed by atoms with Gasteiger partial charge in [0.05, 0.1) is 11.6 Å². The molecule has 0 aliphatic heterocycles. The van der Waals surface area contributed by atoms with Gasteiger partial charge in [-0.3, -0.25) is 9.78 Å². The van der Waals surface area contributed by atoms with E-state index in [4.69, 9.17) is 5.73 Å². The molecule has 96 valence electrons. The van der Waals surface area contributed by atoms with Gasteiger partial charge in [0.2, 0.25) is 5.91 Å². The molecule has 0 aromatic carbocycles. The van der Waals surface area contributed by atoms with Crippen LogP contribution < -0.4 is 11.1 Å². The van der Waals surface area contributed by atoms with Crippen molar-refractivity contribution in [3.05, 3.63) is 18.6 Å². The highest BCUT2D eigenvalue weighted by Crippen LogP contribution is 2.52. The molecule has 1 aromatic rings. The Morgan fingerprint density at radius 1 is 1.28 bits per heavy atom.